The first-order valence-corrected chi connectivity index (χ1v) is 13.2. The molecule has 10 heteroatoms. The van der Waals surface area contributed by atoms with Gasteiger partial charge in [-0.15, -0.1) is 0 Å². The molecule has 0 aliphatic rings. The summed E-state index contributed by atoms with van der Waals surface area (Å²) in [7, 11) is 3.21. The van der Waals surface area contributed by atoms with Crippen LogP contribution < -0.4 is 0 Å². The van der Waals surface area contributed by atoms with Crippen molar-refractivity contribution in [2.24, 2.45) is 0 Å². The van der Waals surface area contributed by atoms with Gasteiger partial charge in [-0.05, 0) is 45.8 Å². The van der Waals surface area contributed by atoms with Crippen molar-refractivity contribution >= 4 is 33.5 Å². The smallest absolute Gasteiger partial charge is 0.339 e. The predicted octanol–water partition coefficient (Wildman–Crippen LogP) is 3.67. The van der Waals surface area contributed by atoms with E-state index in [0.717, 1.165) is 21.5 Å². The molecular weight excluding hydrogens is 520 g/mol. The molecule has 0 unspecified atom stereocenters. The van der Waals surface area contributed by atoms with Crippen LogP contribution in [0.3, 0.4) is 0 Å². The second-order valence-corrected chi connectivity index (χ2v) is 8.65. The van der Waals surface area contributed by atoms with E-state index in [9.17, 15) is 9.59 Å². The van der Waals surface area contributed by atoms with Crippen LogP contribution in [0.2, 0.25) is 0 Å². The molecule has 40 heavy (non-hydrogen) atoms. The summed E-state index contributed by atoms with van der Waals surface area (Å²) >= 11 is 0. The zero-order valence-electron chi connectivity index (χ0n) is 23.2. The molecule has 0 spiro atoms. The third-order valence-corrected chi connectivity index (χ3v) is 5.81. The van der Waals surface area contributed by atoms with E-state index in [-0.39, 0.29) is 37.6 Å². The Kier molecular flexibility index (Phi) is 14.3. The van der Waals surface area contributed by atoms with Gasteiger partial charge in [-0.2, -0.15) is 0 Å². The van der Waals surface area contributed by atoms with E-state index in [4.69, 9.17) is 37.9 Å². The SMILES string of the molecule is COCCOCCOCCOC(=O)c1cc2cc3ccccc3cc2cc1C(=O)OCCOCCOCCOC. The second kappa shape index (κ2) is 18.3. The molecule has 0 saturated carbocycles. The molecule has 3 aromatic carbocycles. The summed E-state index contributed by atoms with van der Waals surface area (Å²) in [6, 6.07) is 15.2. The number of rotatable bonds is 20. The van der Waals surface area contributed by atoms with Crippen molar-refractivity contribution < 1.29 is 47.5 Å². The highest BCUT2D eigenvalue weighted by atomic mass is 16.6. The molecular formula is C30H38O10. The number of methoxy groups -OCH3 is 2. The fourth-order valence-electron chi connectivity index (χ4n) is 3.80. The third-order valence-electron chi connectivity index (χ3n) is 5.81. The van der Waals surface area contributed by atoms with Gasteiger partial charge in [0, 0.05) is 14.2 Å². The first kappa shape index (κ1) is 31.4. The van der Waals surface area contributed by atoms with Gasteiger partial charge in [0.05, 0.1) is 77.2 Å². The van der Waals surface area contributed by atoms with Crippen LogP contribution in [0.25, 0.3) is 21.5 Å². The van der Waals surface area contributed by atoms with E-state index in [2.05, 4.69) is 0 Å². The first-order valence-electron chi connectivity index (χ1n) is 13.2. The monoisotopic (exact) mass is 558 g/mol. The normalized spacial score (nSPS) is 11.2. The molecule has 0 N–H and O–H groups in total. The average Bonchev–Trinajstić information content (AvgIpc) is 2.97. The first-order chi connectivity index (χ1) is 19.6. The zero-order chi connectivity index (χ0) is 28.4. The number of esters is 2. The number of benzene rings is 3. The molecule has 0 amide bonds. The lowest BCUT2D eigenvalue weighted by molar-refractivity contribution is 0.00423. The number of fused-ring (bicyclic) bond motifs is 2. The van der Waals surface area contributed by atoms with Crippen molar-refractivity contribution in [2.45, 2.75) is 0 Å². The number of hydrogen-bond donors (Lipinski definition) is 0. The molecule has 0 bridgehead atoms. The van der Waals surface area contributed by atoms with E-state index in [1.807, 2.05) is 36.4 Å². The highest BCUT2D eigenvalue weighted by Gasteiger charge is 2.21. The largest absolute Gasteiger partial charge is 0.460 e. The molecule has 0 aliphatic carbocycles. The van der Waals surface area contributed by atoms with Crippen LogP contribution in [0.5, 0.6) is 0 Å². The van der Waals surface area contributed by atoms with Gasteiger partial charge < -0.3 is 37.9 Å². The molecule has 0 aromatic heterocycles. The fraction of sp³-hybridized carbons (Fsp3) is 0.467. The Labute approximate surface area is 234 Å². The Morgan fingerprint density at radius 1 is 0.475 bits per heavy atom. The molecule has 0 aliphatic heterocycles. The summed E-state index contributed by atoms with van der Waals surface area (Å²) in [6.07, 6.45) is 0. The molecule has 0 saturated heterocycles. The summed E-state index contributed by atoms with van der Waals surface area (Å²) in [5.74, 6) is -1.27. The van der Waals surface area contributed by atoms with E-state index in [1.165, 1.54) is 0 Å². The summed E-state index contributed by atoms with van der Waals surface area (Å²) in [5.41, 5.74) is 0.256. The number of carbonyl (C=O) groups excluding carboxylic acids is 2. The quantitative estimate of drug-likeness (QED) is 0.116. The minimum atomic E-state index is -0.633. The molecule has 3 aromatic rings. The van der Waals surface area contributed by atoms with Crippen LogP contribution in [0.1, 0.15) is 20.7 Å². The van der Waals surface area contributed by atoms with Crippen LogP contribution >= 0.6 is 0 Å². The van der Waals surface area contributed by atoms with Crippen molar-refractivity contribution in [3.05, 3.63) is 59.7 Å². The second-order valence-electron chi connectivity index (χ2n) is 8.65. The van der Waals surface area contributed by atoms with Gasteiger partial charge in [0.25, 0.3) is 0 Å². The average molecular weight is 559 g/mol. The van der Waals surface area contributed by atoms with Crippen LogP contribution in [0.15, 0.2) is 48.5 Å². The van der Waals surface area contributed by atoms with Crippen molar-refractivity contribution in [2.75, 3.05) is 93.5 Å². The summed E-state index contributed by atoms with van der Waals surface area (Å²) < 4.78 is 42.2. The van der Waals surface area contributed by atoms with Crippen LogP contribution in [0.4, 0.5) is 0 Å². The van der Waals surface area contributed by atoms with Crippen LogP contribution in [0, 0.1) is 0 Å². The maximum atomic E-state index is 13.0. The van der Waals surface area contributed by atoms with Gasteiger partial charge in [-0.25, -0.2) is 9.59 Å². The summed E-state index contributed by atoms with van der Waals surface area (Å²) in [4.78, 5) is 26.1. The molecule has 3 rings (SSSR count). The standard InChI is InChI=1S/C30H38O10/c1-33-7-9-35-11-13-37-15-17-39-29(31)27-21-25-19-23-5-3-4-6-24(23)20-26(25)22-28(27)30(32)40-18-16-38-14-12-36-10-8-34-2/h3-6,19-22H,7-18H2,1-2H3. The van der Waals surface area contributed by atoms with Crippen molar-refractivity contribution in [3.63, 3.8) is 0 Å². The Morgan fingerprint density at radius 2 is 0.825 bits per heavy atom. The Bertz CT molecular complexity index is 1100. The minimum absolute atomic E-state index is 0.0292. The molecule has 0 radical (unpaired) electrons. The zero-order valence-corrected chi connectivity index (χ0v) is 23.2. The van der Waals surface area contributed by atoms with Crippen molar-refractivity contribution in [1.29, 1.82) is 0 Å². The number of carbonyl (C=O) groups is 2. The summed E-state index contributed by atoms with van der Waals surface area (Å²) in [6.45, 7) is 4.01. The highest BCUT2D eigenvalue weighted by Crippen LogP contribution is 2.27. The van der Waals surface area contributed by atoms with Crippen LogP contribution in [-0.4, -0.2) is 105 Å². The van der Waals surface area contributed by atoms with Gasteiger partial charge in [0.1, 0.15) is 13.2 Å². The van der Waals surface area contributed by atoms with Gasteiger partial charge in [-0.1, -0.05) is 24.3 Å². The lowest BCUT2D eigenvalue weighted by atomic mass is 9.98. The fourth-order valence-corrected chi connectivity index (χ4v) is 3.80. The molecule has 0 atom stereocenters. The molecule has 218 valence electrons. The van der Waals surface area contributed by atoms with E-state index >= 15 is 0 Å². The lowest BCUT2D eigenvalue weighted by Gasteiger charge is -2.13. The molecule has 10 nitrogen and oxygen atoms in total. The minimum Gasteiger partial charge on any atom is -0.460 e. The Morgan fingerprint density at radius 3 is 1.20 bits per heavy atom. The summed E-state index contributed by atoms with van der Waals surface area (Å²) in [5, 5.41) is 3.66. The van der Waals surface area contributed by atoms with E-state index in [0.29, 0.717) is 52.9 Å². The van der Waals surface area contributed by atoms with Crippen LogP contribution in [-0.2, 0) is 37.9 Å². The Balaban J connectivity index is 1.60. The Hall–Kier alpha value is -3.12. The number of ether oxygens (including phenoxy) is 8. The number of hydrogen-bond acceptors (Lipinski definition) is 10. The van der Waals surface area contributed by atoms with E-state index < -0.39 is 11.9 Å². The van der Waals surface area contributed by atoms with Crippen molar-refractivity contribution in [1.82, 2.24) is 0 Å². The van der Waals surface area contributed by atoms with Gasteiger partial charge in [0.2, 0.25) is 0 Å². The maximum absolute atomic E-state index is 13.0. The molecule has 0 heterocycles. The topological polar surface area (TPSA) is 108 Å². The third kappa shape index (κ3) is 10.5. The van der Waals surface area contributed by atoms with Gasteiger partial charge in [-0.3, -0.25) is 0 Å². The van der Waals surface area contributed by atoms with Gasteiger partial charge in [0.15, 0.2) is 0 Å². The van der Waals surface area contributed by atoms with E-state index in [1.54, 1.807) is 26.4 Å². The lowest BCUT2D eigenvalue weighted by Crippen LogP contribution is -2.18. The predicted molar refractivity (Wildman–Crippen MR) is 149 cm³/mol. The maximum Gasteiger partial charge on any atom is 0.339 e. The molecule has 0 fully saturated rings. The highest BCUT2D eigenvalue weighted by molar-refractivity contribution is 6.09. The van der Waals surface area contributed by atoms with Crippen molar-refractivity contribution in [3.8, 4) is 0 Å². The van der Waals surface area contributed by atoms with Gasteiger partial charge >= 0.3 is 11.9 Å².